The minimum Gasteiger partial charge on any atom is -0.466 e. The van der Waals surface area contributed by atoms with Gasteiger partial charge in [-0.15, -0.1) is 0 Å². The maximum Gasteiger partial charge on any atom is 0.310 e. The van der Waals surface area contributed by atoms with Crippen LogP contribution in [-0.2, 0) is 16.0 Å². The molecule has 0 unspecified atom stereocenters. The molecule has 1 aromatic carbocycles. The van der Waals surface area contributed by atoms with Gasteiger partial charge in [-0.05, 0) is 37.5 Å². The minimum absolute atomic E-state index is 0.0673. The monoisotopic (exact) mass is 365 g/mol. The fraction of sp³-hybridized carbons (Fsp3) is 0.471. The van der Waals surface area contributed by atoms with E-state index in [4.69, 9.17) is 16.3 Å². The summed E-state index contributed by atoms with van der Waals surface area (Å²) in [6.45, 7) is 3.84. The average molecular weight is 366 g/mol. The number of piperidine rings is 1. The number of hydrogen-bond acceptors (Lipinski definition) is 6. The lowest BCUT2D eigenvalue weighted by Gasteiger charge is -2.30. The Hall–Kier alpha value is -1.66. The van der Waals surface area contributed by atoms with Gasteiger partial charge in [0.25, 0.3) is 0 Å². The van der Waals surface area contributed by atoms with E-state index in [2.05, 4.69) is 14.3 Å². The van der Waals surface area contributed by atoms with Crippen LogP contribution < -0.4 is 4.90 Å². The third-order valence-corrected chi connectivity index (χ3v) is 5.11. The number of benzene rings is 1. The van der Waals surface area contributed by atoms with Crippen LogP contribution in [0.4, 0.5) is 5.13 Å². The van der Waals surface area contributed by atoms with Gasteiger partial charge in [-0.1, -0.05) is 23.7 Å². The predicted octanol–water partition coefficient (Wildman–Crippen LogP) is 3.56. The maximum atomic E-state index is 12.0. The number of aromatic nitrogens is 2. The summed E-state index contributed by atoms with van der Waals surface area (Å²) >= 11 is 7.30. The second-order valence-corrected chi connectivity index (χ2v) is 7.00. The van der Waals surface area contributed by atoms with Crippen LogP contribution in [0.2, 0.25) is 5.02 Å². The Kier molecular flexibility index (Phi) is 5.68. The molecule has 1 aliphatic heterocycles. The van der Waals surface area contributed by atoms with Crippen molar-refractivity contribution in [2.75, 3.05) is 24.6 Å². The van der Waals surface area contributed by atoms with Crippen LogP contribution in [0.15, 0.2) is 24.3 Å². The maximum absolute atomic E-state index is 12.0. The fourth-order valence-electron chi connectivity index (χ4n) is 2.83. The van der Waals surface area contributed by atoms with Crippen molar-refractivity contribution in [3.05, 3.63) is 40.7 Å². The van der Waals surface area contributed by atoms with Crippen molar-refractivity contribution in [3.8, 4) is 0 Å². The van der Waals surface area contributed by atoms with E-state index in [0.29, 0.717) is 19.6 Å². The van der Waals surface area contributed by atoms with E-state index in [1.807, 2.05) is 31.2 Å². The lowest BCUT2D eigenvalue weighted by molar-refractivity contribution is -0.148. The molecule has 1 aromatic heterocycles. The number of ether oxygens (including phenoxy) is 1. The van der Waals surface area contributed by atoms with Crippen molar-refractivity contribution in [3.63, 3.8) is 0 Å². The highest BCUT2D eigenvalue weighted by molar-refractivity contribution is 7.09. The molecule has 1 saturated heterocycles. The highest BCUT2D eigenvalue weighted by atomic mass is 35.5. The van der Waals surface area contributed by atoms with Gasteiger partial charge in [0.15, 0.2) is 0 Å². The van der Waals surface area contributed by atoms with E-state index in [9.17, 15) is 4.79 Å². The molecule has 1 aliphatic rings. The number of nitrogens with zero attached hydrogens (tertiary/aromatic N) is 3. The molecule has 0 amide bonds. The number of anilines is 1. The van der Waals surface area contributed by atoms with Crippen LogP contribution in [0.5, 0.6) is 0 Å². The first kappa shape index (κ1) is 17.2. The van der Waals surface area contributed by atoms with Crippen molar-refractivity contribution in [1.29, 1.82) is 0 Å². The SMILES string of the molecule is CCOC(=O)[C@@H]1CCCN(c2nc(Cc3ccc(Cl)cc3)ns2)C1. The molecule has 1 fully saturated rings. The summed E-state index contributed by atoms with van der Waals surface area (Å²) in [7, 11) is 0. The van der Waals surface area contributed by atoms with E-state index in [0.717, 1.165) is 40.9 Å². The summed E-state index contributed by atoms with van der Waals surface area (Å²) in [4.78, 5) is 18.7. The lowest BCUT2D eigenvalue weighted by Crippen LogP contribution is -2.39. The van der Waals surface area contributed by atoms with E-state index in [-0.39, 0.29) is 11.9 Å². The molecule has 24 heavy (non-hydrogen) atoms. The number of esters is 1. The van der Waals surface area contributed by atoms with Crippen molar-refractivity contribution in [2.45, 2.75) is 26.2 Å². The van der Waals surface area contributed by atoms with Crippen LogP contribution >= 0.6 is 23.1 Å². The molecular weight excluding hydrogens is 346 g/mol. The molecule has 1 atom stereocenters. The summed E-state index contributed by atoms with van der Waals surface area (Å²) < 4.78 is 9.61. The molecule has 7 heteroatoms. The van der Waals surface area contributed by atoms with Crippen molar-refractivity contribution >= 4 is 34.2 Å². The number of rotatable bonds is 5. The number of halogens is 1. The number of carbonyl (C=O) groups is 1. The summed E-state index contributed by atoms with van der Waals surface area (Å²) in [5.74, 6) is 0.631. The van der Waals surface area contributed by atoms with Gasteiger partial charge in [-0.2, -0.15) is 4.37 Å². The van der Waals surface area contributed by atoms with Crippen LogP contribution in [0, 0.1) is 5.92 Å². The Morgan fingerprint density at radius 3 is 2.96 bits per heavy atom. The number of hydrogen-bond donors (Lipinski definition) is 0. The van der Waals surface area contributed by atoms with E-state index < -0.39 is 0 Å². The van der Waals surface area contributed by atoms with Crippen molar-refractivity contribution in [2.24, 2.45) is 5.92 Å². The van der Waals surface area contributed by atoms with E-state index in [1.165, 1.54) is 11.5 Å². The third kappa shape index (κ3) is 4.24. The first-order valence-electron chi connectivity index (χ1n) is 8.14. The van der Waals surface area contributed by atoms with Crippen molar-refractivity contribution < 1.29 is 9.53 Å². The largest absolute Gasteiger partial charge is 0.466 e. The molecule has 0 saturated carbocycles. The normalized spacial score (nSPS) is 17.8. The van der Waals surface area contributed by atoms with Crippen LogP contribution in [0.25, 0.3) is 0 Å². The van der Waals surface area contributed by atoms with Crippen LogP contribution in [0.1, 0.15) is 31.2 Å². The quantitative estimate of drug-likeness (QED) is 0.758. The molecule has 128 valence electrons. The van der Waals surface area contributed by atoms with Gasteiger partial charge >= 0.3 is 5.97 Å². The van der Waals surface area contributed by atoms with E-state index >= 15 is 0 Å². The molecular formula is C17H20ClN3O2S. The average Bonchev–Trinajstić information content (AvgIpc) is 3.06. The molecule has 3 rings (SSSR count). The molecule has 5 nitrogen and oxygen atoms in total. The predicted molar refractivity (Wildman–Crippen MR) is 95.7 cm³/mol. The molecule has 0 spiro atoms. The van der Waals surface area contributed by atoms with Gasteiger partial charge in [-0.25, -0.2) is 4.98 Å². The summed E-state index contributed by atoms with van der Waals surface area (Å²) in [5, 5.41) is 1.61. The first-order valence-corrected chi connectivity index (χ1v) is 9.29. The Balaban J connectivity index is 1.64. The summed E-state index contributed by atoms with van der Waals surface area (Å²) in [6.07, 6.45) is 2.53. The molecule has 0 radical (unpaired) electrons. The Bertz CT molecular complexity index is 689. The summed E-state index contributed by atoms with van der Waals surface area (Å²) in [5.41, 5.74) is 1.13. The molecule has 0 aliphatic carbocycles. The topological polar surface area (TPSA) is 55.3 Å². The second kappa shape index (κ2) is 7.94. The van der Waals surface area contributed by atoms with Gasteiger partial charge in [0.05, 0.1) is 12.5 Å². The zero-order chi connectivity index (χ0) is 16.9. The Labute approximate surface area is 150 Å². The van der Waals surface area contributed by atoms with E-state index in [1.54, 1.807) is 0 Å². The van der Waals surface area contributed by atoms with Gasteiger partial charge in [0, 0.05) is 36.1 Å². The van der Waals surface area contributed by atoms with Crippen LogP contribution in [0.3, 0.4) is 0 Å². The Morgan fingerprint density at radius 1 is 1.42 bits per heavy atom. The summed E-state index contributed by atoms with van der Waals surface area (Å²) in [6, 6.07) is 7.72. The van der Waals surface area contributed by atoms with Crippen molar-refractivity contribution in [1.82, 2.24) is 9.36 Å². The highest BCUT2D eigenvalue weighted by Gasteiger charge is 2.28. The Morgan fingerprint density at radius 2 is 2.21 bits per heavy atom. The smallest absolute Gasteiger partial charge is 0.310 e. The van der Waals surface area contributed by atoms with Gasteiger partial charge < -0.3 is 9.64 Å². The van der Waals surface area contributed by atoms with Crippen LogP contribution in [-0.4, -0.2) is 35.0 Å². The second-order valence-electron chi connectivity index (χ2n) is 5.83. The third-order valence-electron chi connectivity index (χ3n) is 4.04. The zero-order valence-electron chi connectivity index (χ0n) is 13.6. The molecule has 0 bridgehead atoms. The lowest BCUT2D eigenvalue weighted by atomic mass is 9.99. The van der Waals surface area contributed by atoms with Gasteiger partial charge in [0.2, 0.25) is 5.13 Å². The van der Waals surface area contributed by atoms with Gasteiger partial charge in [0.1, 0.15) is 5.82 Å². The fourth-order valence-corrected chi connectivity index (χ4v) is 3.68. The molecule has 2 heterocycles. The first-order chi connectivity index (χ1) is 11.7. The standard InChI is InChI=1S/C17H20ClN3O2S/c1-2-23-16(22)13-4-3-9-21(11-13)17-19-15(20-24-17)10-12-5-7-14(18)8-6-12/h5-8,13H,2-4,9-11H2,1H3/t13-/m1/s1. The minimum atomic E-state index is -0.104. The molecule has 0 N–H and O–H groups in total. The highest BCUT2D eigenvalue weighted by Crippen LogP contribution is 2.26. The molecule has 2 aromatic rings. The van der Waals surface area contributed by atoms with Gasteiger partial charge in [-0.3, -0.25) is 4.79 Å². The zero-order valence-corrected chi connectivity index (χ0v) is 15.1. The number of carbonyl (C=O) groups excluding carboxylic acids is 1.